The van der Waals surface area contributed by atoms with Gasteiger partial charge in [-0.05, 0) is 42.3 Å². The highest BCUT2D eigenvalue weighted by molar-refractivity contribution is 5.92. The molecule has 0 saturated heterocycles. The second-order valence-electron chi connectivity index (χ2n) is 5.85. The number of carbonyl (C=O) groups is 1. The third-order valence-corrected chi connectivity index (χ3v) is 3.99. The van der Waals surface area contributed by atoms with Crippen LogP contribution in [0.15, 0.2) is 60.8 Å². The lowest BCUT2D eigenvalue weighted by molar-refractivity contribution is -0.0512. The van der Waals surface area contributed by atoms with Crippen molar-refractivity contribution in [2.75, 3.05) is 13.7 Å². The number of benzene rings is 2. The summed E-state index contributed by atoms with van der Waals surface area (Å²) in [5, 5.41) is 7.06. The second-order valence-corrected chi connectivity index (χ2v) is 5.85. The Kier molecular flexibility index (Phi) is 6.21. The van der Waals surface area contributed by atoms with Gasteiger partial charge in [-0.2, -0.15) is 13.9 Å². The summed E-state index contributed by atoms with van der Waals surface area (Å²) in [6, 6.07) is 15.8. The van der Waals surface area contributed by atoms with E-state index in [1.165, 1.54) is 13.2 Å². The van der Waals surface area contributed by atoms with Crippen molar-refractivity contribution in [1.82, 2.24) is 15.1 Å². The molecule has 3 aromatic rings. The summed E-state index contributed by atoms with van der Waals surface area (Å²) in [4.78, 5) is 12.3. The van der Waals surface area contributed by atoms with Gasteiger partial charge in [-0.1, -0.05) is 24.3 Å². The number of hydrogen-bond donors (Lipinski definition) is 1. The van der Waals surface area contributed by atoms with Gasteiger partial charge in [-0.15, -0.1) is 0 Å². The quantitative estimate of drug-likeness (QED) is 0.643. The zero-order valence-corrected chi connectivity index (χ0v) is 15.1. The Morgan fingerprint density at radius 3 is 2.64 bits per heavy atom. The smallest absolute Gasteiger partial charge is 0.387 e. The lowest BCUT2D eigenvalue weighted by Gasteiger charge is -2.11. The molecule has 0 saturated carbocycles. The molecule has 1 heterocycles. The van der Waals surface area contributed by atoms with Gasteiger partial charge in [0.25, 0.3) is 5.91 Å². The Balaban J connectivity index is 1.56. The maximum atomic E-state index is 12.4. The first-order valence-electron chi connectivity index (χ1n) is 8.58. The van der Waals surface area contributed by atoms with Crippen LogP contribution in [0.1, 0.15) is 16.1 Å². The van der Waals surface area contributed by atoms with E-state index in [0.29, 0.717) is 18.7 Å². The SMILES string of the molecule is COc1cc(CCNC(=O)c2ccn(-c3ccccc3)n2)ccc1OC(F)F. The van der Waals surface area contributed by atoms with Crippen LogP contribution in [0.5, 0.6) is 11.5 Å². The highest BCUT2D eigenvalue weighted by atomic mass is 19.3. The summed E-state index contributed by atoms with van der Waals surface area (Å²) < 4.78 is 35.8. The number of rotatable bonds is 8. The van der Waals surface area contributed by atoms with E-state index in [0.717, 1.165) is 11.3 Å². The molecule has 1 aromatic heterocycles. The van der Waals surface area contributed by atoms with E-state index >= 15 is 0 Å². The van der Waals surface area contributed by atoms with Crippen molar-refractivity contribution in [2.45, 2.75) is 13.0 Å². The van der Waals surface area contributed by atoms with E-state index in [4.69, 9.17) is 4.74 Å². The van der Waals surface area contributed by atoms with Crippen LogP contribution in [0.25, 0.3) is 5.69 Å². The Bertz CT molecular complexity index is 929. The average molecular weight is 387 g/mol. The second kappa shape index (κ2) is 8.98. The van der Waals surface area contributed by atoms with Gasteiger partial charge in [0.1, 0.15) is 0 Å². The van der Waals surface area contributed by atoms with Crippen molar-refractivity contribution in [2.24, 2.45) is 0 Å². The topological polar surface area (TPSA) is 65.4 Å². The Morgan fingerprint density at radius 2 is 1.93 bits per heavy atom. The number of aromatic nitrogens is 2. The van der Waals surface area contributed by atoms with Crippen LogP contribution >= 0.6 is 0 Å². The zero-order chi connectivity index (χ0) is 19.9. The summed E-state index contributed by atoms with van der Waals surface area (Å²) in [7, 11) is 1.38. The van der Waals surface area contributed by atoms with Crippen molar-refractivity contribution in [3.63, 3.8) is 0 Å². The maximum Gasteiger partial charge on any atom is 0.387 e. The molecule has 0 bridgehead atoms. The van der Waals surface area contributed by atoms with E-state index in [2.05, 4.69) is 15.2 Å². The minimum atomic E-state index is -2.92. The molecule has 3 rings (SSSR count). The molecule has 0 unspecified atom stereocenters. The molecule has 0 fully saturated rings. The fourth-order valence-corrected chi connectivity index (χ4v) is 2.64. The minimum Gasteiger partial charge on any atom is -0.493 e. The van der Waals surface area contributed by atoms with Crippen LogP contribution in [0.3, 0.4) is 0 Å². The van der Waals surface area contributed by atoms with Gasteiger partial charge in [-0.3, -0.25) is 4.79 Å². The monoisotopic (exact) mass is 387 g/mol. The lowest BCUT2D eigenvalue weighted by atomic mass is 10.1. The lowest BCUT2D eigenvalue weighted by Crippen LogP contribution is -2.26. The highest BCUT2D eigenvalue weighted by Gasteiger charge is 2.12. The van der Waals surface area contributed by atoms with E-state index in [1.54, 1.807) is 29.1 Å². The minimum absolute atomic E-state index is 0.0308. The van der Waals surface area contributed by atoms with Crippen molar-refractivity contribution < 1.29 is 23.0 Å². The van der Waals surface area contributed by atoms with Gasteiger partial charge in [-0.25, -0.2) is 4.68 Å². The first-order valence-corrected chi connectivity index (χ1v) is 8.58. The normalized spacial score (nSPS) is 10.7. The fraction of sp³-hybridized carbons (Fsp3) is 0.200. The van der Waals surface area contributed by atoms with E-state index in [1.807, 2.05) is 30.3 Å². The number of methoxy groups -OCH3 is 1. The highest BCUT2D eigenvalue weighted by Crippen LogP contribution is 2.29. The third-order valence-electron chi connectivity index (χ3n) is 3.99. The van der Waals surface area contributed by atoms with Crippen LogP contribution < -0.4 is 14.8 Å². The van der Waals surface area contributed by atoms with Gasteiger partial charge >= 0.3 is 6.61 Å². The number of para-hydroxylation sites is 1. The molecular weight excluding hydrogens is 368 g/mol. The van der Waals surface area contributed by atoms with Crippen molar-refractivity contribution >= 4 is 5.91 Å². The van der Waals surface area contributed by atoms with Crippen LogP contribution in [0.2, 0.25) is 0 Å². The van der Waals surface area contributed by atoms with E-state index in [9.17, 15) is 13.6 Å². The summed E-state index contributed by atoms with van der Waals surface area (Å²) in [5.74, 6) is -0.109. The number of alkyl halides is 2. The van der Waals surface area contributed by atoms with Gasteiger partial charge < -0.3 is 14.8 Å². The van der Waals surface area contributed by atoms with E-state index < -0.39 is 6.61 Å². The number of hydrogen-bond acceptors (Lipinski definition) is 4. The van der Waals surface area contributed by atoms with Gasteiger partial charge in [0, 0.05) is 12.7 Å². The predicted octanol–water partition coefficient (Wildman–Crippen LogP) is 3.45. The van der Waals surface area contributed by atoms with Crippen LogP contribution in [-0.4, -0.2) is 36.0 Å². The fourth-order valence-electron chi connectivity index (χ4n) is 2.64. The summed E-state index contributed by atoms with van der Waals surface area (Å²) >= 11 is 0. The molecule has 0 radical (unpaired) electrons. The number of halogens is 2. The number of carbonyl (C=O) groups excluding carboxylic acids is 1. The first kappa shape index (κ1) is 19.3. The molecule has 6 nitrogen and oxygen atoms in total. The van der Waals surface area contributed by atoms with Gasteiger partial charge in [0.05, 0.1) is 12.8 Å². The third kappa shape index (κ3) is 4.85. The molecular formula is C20H19F2N3O3. The Hall–Kier alpha value is -3.42. The molecule has 0 spiro atoms. The van der Waals surface area contributed by atoms with E-state index in [-0.39, 0.29) is 17.4 Å². The predicted molar refractivity (Wildman–Crippen MR) is 99.2 cm³/mol. The molecule has 28 heavy (non-hydrogen) atoms. The van der Waals surface area contributed by atoms with Crippen molar-refractivity contribution in [3.05, 3.63) is 72.1 Å². The molecule has 1 N–H and O–H groups in total. The Labute approximate surface area is 160 Å². The molecule has 0 aliphatic heterocycles. The van der Waals surface area contributed by atoms with Crippen LogP contribution in [0.4, 0.5) is 8.78 Å². The maximum absolute atomic E-state index is 12.4. The summed E-state index contributed by atoms with van der Waals surface area (Å²) in [6.45, 7) is -2.57. The number of nitrogens with one attached hydrogen (secondary N) is 1. The van der Waals surface area contributed by atoms with Gasteiger partial charge in [0.15, 0.2) is 17.2 Å². The molecule has 2 aromatic carbocycles. The average Bonchev–Trinajstić information content (AvgIpc) is 3.19. The molecule has 1 amide bonds. The molecule has 146 valence electrons. The standard InChI is InChI=1S/C20H19F2N3O3/c1-27-18-13-14(7-8-17(18)28-20(21)22)9-11-23-19(26)16-10-12-25(24-16)15-5-3-2-4-6-15/h2-8,10,12-13,20H,9,11H2,1H3,(H,23,26). The number of ether oxygens (including phenoxy) is 2. The summed E-state index contributed by atoms with van der Waals surface area (Å²) in [5.41, 5.74) is 1.98. The largest absolute Gasteiger partial charge is 0.493 e. The molecule has 8 heteroatoms. The first-order chi connectivity index (χ1) is 13.6. The Morgan fingerprint density at radius 1 is 1.14 bits per heavy atom. The number of amides is 1. The van der Waals surface area contributed by atoms with Crippen LogP contribution in [-0.2, 0) is 6.42 Å². The molecule has 0 aliphatic rings. The van der Waals surface area contributed by atoms with Crippen molar-refractivity contribution in [3.8, 4) is 17.2 Å². The summed E-state index contributed by atoms with van der Waals surface area (Å²) in [6.07, 6.45) is 2.22. The van der Waals surface area contributed by atoms with Gasteiger partial charge in [0.2, 0.25) is 0 Å². The van der Waals surface area contributed by atoms with Crippen molar-refractivity contribution in [1.29, 1.82) is 0 Å². The zero-order valence-electron chi connectivity index (χ0n) is 15.1. The molecule has 0 aliphatic carbocycles. The van der Waals surface area contributed by atoms with Crippen LogP contribution in [0, 0.1) is 0 Å². The number of nitrogens with zero attached hydrogens (tertiary/aromatic N) is 2. The molecule has 0 atom stereocenters.